The van der Waals surface area contributed by atoms with Gasteiger partial charge in [0, 0.05) is 5.69 Å². The highest BCUT2D eigenvalue weighted by atomic mass is 32.2. The first kappa shape index (κ1) is 18.8. The molecule has 0 aromatic heterocycles. The molecule has 0 aliphatic rings. The molecule has 2 amide bonds. The van der Waals surface area contributed by atoms with E-state index in [4.69, 9.17) is 4.74 Å². The lowest BCUT2D eigenvalue weighted by Gasteiger charge is -2.10. The Balaban J connectivity index is 1.46. The van der Waals surface area contributed by atoms with Gasteiger partial charge < -0.3 is 15.4 Å². The minimum Gasteiger partial charge on any atom is -0.495 e. The summed E-state index contributed by atoms with van der Waals surface area (Å²) < 4.78 is 5.20. The predicted molar refractivity (Wildman–Crippen MR) is 112 cm³/mol. The lowest BCUT2D eigenvalue weighted by atomic mass is 10.1. The highest BCUT2D eigenvalue weighted by molar-refractivity contribution is 8.00. The Morgan fingerprint density at radius 1 is 0.852 bits per heavy atom. The average molecular weight is 380 g/mol. The third kappa shape index (κ3) is 5.24. The summed E-state index contributed by atoms with van der Waals surface area (Å²) in [5.41, 5.74) is 1.36. The van der Waals surface area contributed by atoms with Crippen LogP contribution in [0.5, 0.6) is 5.75 Å². The van der Waals surface area contributed by atoms with Crippen LogP contribution in [0.2, 0.25) is 0 Å². The Morgan fingerprint density at radius 2 is 1.52 bits per heavy atom. The molecule has 3 aromatic carbocycles. The predicted octanol–water partition coefficient (Wildman–Crippen LogP) is 4.16. The van der Waals surface area contributed by atoms with Crippen LogP contribution in [0.25, 0.3) is 10.8 Å². The van der Waals surface area contributed by atoms with Crippen molar-refractivity contribution >= 4 is 45.7 Å². The van der Waals surface area contributed by atoms with Gasteiger partial charge >= 0.3 is 0 Å². The van der Waals surface area contributed by atoms with E-state index in [0.29, 0.717) is 11.4 Å². The molecule has 0 fully saturated rings. The fourth-order valence-electron chi connectivity index (χ4n) is 2.63. The number of fused-ring (bicyclic) bond motifs is 1. The van der Waals surface area contributed by atoms with Crippen molar-refractivity contribution in [2.75, 3.05) is 29.2 Å². The van der Waals surface area contributed by atoms with Crippen LogP contribution in [0.1, 0.15) is 0 Å². The number of methoxy groups -OCH3 is 1. The number of nitrogens with one attached hydrogen (secondary N) is 2. The number of benzene rings is 3. The molecule has 0 bridgehead atoms. The van der Waals surface area contributed by atoms with Gasteiger partial charge in [0.2, 0.25) is 11.8 Å². The Kier molecular flexibility index (Phi) is 6.33. The quantitative estimate of drug-likeness (QED) is 0.646. The Morgan fingerprint density at radius 3 is 2.30 bits per heavy atom. The van der Waals surface area contributed by atoms with E-state index >= 15 is 0 Å². The molecular formula is C21H20N2O3S. The lowest BCUT2D eigenvalue weighted by Crippen LogP contribution is -2.18. The van der Waals surface area contributed by atoms with Crippen LogP contribution in [0.4, 0.5) is 11.4 Å². The zero-order valence-electron chi connectivity index (χ0n) is 14.9. The van der Waals surface area contributed by atoms with E-state index in [1.807, 2.05) is 54.6 Å². The number of carbonyl (C=O) groups excluding carboxylic acids is 2. The van der Waals surface area contributed by atoms with E-state index in [2.05, 4.69) is 10.6 Å². The Hall–Kier alpha value is -2.99. The molecule has 0 saturated heterocycles. The van der Waals surface area contributed by atoms with Crippen molar-refractivity contribution in [3.8, 4) is 5.75 Å². The van der Waals surface area contributed by atoms with Crippen molar-refractivity contribution in [2.45, 2.75) is 0 Å². The van der Waals surface area contributed by atoms with Gasteiger partial charge in [0.25, 0.3) is 0 Å². The third-order valence-electron chi connectivity index (χ3n) is 3.88. The molecule has 27 heavy (non-hydrogen) atoms. The van der Waals surface area contributed by atoms with Gasteiger partial charge in [0.1, 0.15) is 5.75 Å². The second kappa shape index (κ2) is 9.09. The van der Waals surface area contributed by atoms with Gasteiger partial charge in [0.05, 0.1) is 24.3 Å². The molecule has 0 unspecified atom stereocenters. The number of hydrogen-bond donors (Lipinski definition) is 2. The Labute approximate surface area is 162 Å². The SMILES string of the molecule is COc1ccccc1NC(=O)CSCC(=O)Nc1ccc2ccccc2c1. The first-order valence-electron chi connectivity index (χ1n) is 8.45. The number of carbonyl (C=O) groups is 2. The molecule has 2 N–H and O–H groups in total. The second-order valence-corrected chi connectivity index (χ2v) is 6.84. The zero-order valence-corrected chi connectivity index (χ0v) is 15.7. The van der Waals surface area contributed by atoms with Gasteiger partial charge in [-0.2, -0.15) is 0 Å². The molecule has 0 saturated carbocycles. The van der Waals surface area contributed by atoms with E-state index in [9.17, 15) is 9.59 Å². The van der Waals surface area contributed by atoms with Crippen molar-refractivity contribution in [1.82, 2.24) is 0 Å². The van der Waals surface area contributed by atoms with Gasteiger partial charge in [-0.25, -0.2) is 0 Å². The van der Waals surface area contributed by atoms with Crippen LogP contribution in [0.15, 0.2) is 66.7 Å². The standard InChI is InChI=1S/C21H20N2O3S/c1-26-19-9-5-4-8-18(19)23-21(25)14-27-13-20(24)22-17-11-10-15-6-2-3-7-16(15)12-17/h2-12H,13-14H2,1H3,(H,22,24)(H,23,25). The molecular weight excluding hydrogens is 360 g/mol. The largest absolute Gasteiger partial charge is 0.495 e. The summed E-state index contributed by atoms with van der Waals surface area (Å²) >= 11 is 1.26. The van der Waals surface area contributed by atoms with Crippen molar-refractivity contribution in [3.05, 3.63) is 66.7 Å². The van der Waals surface area contributed by atoms with Crippen LogP contribution < -0.4 is 15.4 Å². The van der Waals surface area contributed by atoms with E-state index in [1.165, 1.54) is 11.8 Å². The molecule has 6 heteroatoms. The first-order chi connectivity index (χ1) is 13.2. The molecule has 5 nitrogen and oxygen atoms in total. The molecule has 138 valence electrons. The summed E-state index contributed by atoms with van der Waals surface area (Å²) in [6.07, 6.45) is 0. The van der Waals surface area contributed by atoms with E-state index < -0.39 is 0 Å². The van der Waals surface area contributed by atoms with Crippen LogP contribution in [0, 0.1) is 0 Å². The van der Waals surface area contributed by atoms with Gasteiger partial charge in [-0.05, 0) is 35.0 Å². The highest BCUT2D eigenvalue weighted by Crippen LogP contribution is 2.23. The summed E-state index contributed by atoms with van der Waals surface area (Å²) in [4.78, 5) is 24.2. The summed E-state index contributed by atoms with van der Waals surface area (Å²) in [5, 5.41) is 7.84. The van der Waals surface area contributed by atoms with Crippen LogP contribution >= 0.6 is 11.8 Å². The molecule has 3 aromatic rings. The number of hydrogen-bond acceptors (Lipinski definition) is 4. The van der Waals surface area contributed by atoms with Gasteiger partial charge in [-0.15, -0.1) is 11.8 Å². The maximum Gasteiger partial charge on any atom is 0.234 e. The van der Waals surface area contributed by atoms with Crippen molar-refractivity contribution < 1.29 is 14.3 Å². The topological polar surface area (TPSA) is 67.4 Å². The maximum atomic E-state index is 12.1. The first-order valence-corrected chi connectivity index (χ1v) is 9.60. The lowest BCUT2D eigenvalue weighted by molar-refractivity contribution is -0.114. The minimum absolute atomic E-state index is 0.139. The molecule has 3 rings (SSSR count). The number of rotatable bonds is 7. The normalized spacial score (nSPS) is 10.4. The van der Waals surface area contributed by atoms with Gasteiger partial charge in [0.15, 0.2) is 0 Å². The number of thioether (sulfide) groups is 1. The molecule has 0 atom stereocenters. The fraction of sp³-hybridized carbons (Fsp3) is 0.143. The van der Waals surface area contributed by atoms with Crippen LogP contribution in [0.3, 0.4) is 0 Å². The average Bonchev–Trinajstić information content (AvgIpc) is 2.68. The van der Waals surface area contributed by atoms with Crippen molar-refractivity contribution in [3.63, 3.8) is 0 Å². The summed E-state index contributed by atoms with van der Waals surface area (Å²) in [7, 11) is 1.55. The maximum absolute atomic E-state index is 12.1. The van der Waals surface area contributed by atoms with Gasteiger partial charge in [-0.3, -0.25) is 9.59 Å². The second-order valence-electron chi connectivity index (χ2n) is 5.85. The fourth-order valence-corrected chi connectivity index (χ4v) is 3.25. The van der Waals surface area contributed by atoms with E-state index in [-0.39, 0.29) is 23.3 Å². The molecule has 0 aliphatic heterocycles. The van der Waals surface area contributed by atoms with E-state index in [1.54, 1.807) is 19.2 Å². The van der Waals surface area contributed by atoms with Gasteiger partial charge in [-0.1, -0.05) is 42.5 Å². The summed E-state index contributed by atoms with van der Waals surface area (Å²) in [6, 6.07) is 21.0. The number of para-hydroxylation sites is 2. The van der Waals surface area contributed by atoms with Crippen molar-refractivity contribution in [2.24, 2.45) is 0 Å². The number of anilines is 2. The Bertz CT molecular complexity index is 959. The number of amides is 2. The molecule has 0 heterocycles. The number of ether oxygens (including phenoxy) is 1. The summed E-state index contributed by atoms with van der Waals surface area (Å²) in [6.45, 7) is 0. The van der Waals surface area contributed by atoms with E-state index in [0.717, 1.165) is 16.5 Å². The van der Waals surface area contributed by atoms with Crippen molar-refractivity contribution in [1.29, 1.82) is 0 Å². The monoisotopic (exact) mass is 380 g/mol. The van der Waals surface area contributed by atoms with Crippen LogP contribution in [-0.2, 0) is 9.59 Å². The summed E-state index contributed by atoms with van der Waals surface area (Å²) in [5.74, 6) is 0.670. The smallest absolute Gasteiger partial charge is 0.234 e. The van der Waals surface area contributed by atoms with Crippen LogP contribution in [-0.4, -0.2) is 30.4 Å². The molecule has 0 aliphatic carbocycles. The zero-order chi connectivity index (χ0) is 19.1. The highest BCUT2D eigenvalue weighted by Gasteiger charge is 2.09. The molecule has 0 spiro atoms. The third-order valence-corrected chi connectivity index (χ3v) is 4.81. The minimum atomic E-state index is -0.178. The molecule has 0 radical (unpaired) electrons.